The number of hydrogen-bond donors (Lipinski definition) is 0. The molecular weight excluding hydrogens is 572 g/mol. The van der Waals surface area contributed by atoms with Gasteiger partial charge in [-0.2, -0.15) is 0 Å². The minimum atomic E-state index is -0.0551. The Morgan fingerprint density at radius 1 is 0.457 bits per heavy atom. The van der Waals surface area contributed by atoms with Gasteiger partial charge in [0.2, 0.25) is 0 Å². The summed E-state index contributed by atoms with van der Waals surface area (Å²) in [4.78, 5) is 5.02. The molecule has 46 heavy (non-hydrogen) atoms. The van der Waals surface area contributed by atoms with Crippen molar-refractivity contribution in [2.75, 3.05) is 26.2 Å². The van der Waals surface area contributed by atoms with E-state index in [9.17, 15) is 0 Å². The molecule has 0 radical (unpaired) electrons. The first-order chi connectivity index (χ1) is 22.8. The predicted octanol–water partition coefficient (Wildman–Crippen LogP) is 4.64. The topological polar surface area (TPSA) is 93.7 Å². The molecule has 10 heteroatoms. The lowest BCUT2D eigenvalue weighted by atomic mass is 10.0. The Balaban J connectivity index is 1.12. The molecule has 2 atom stereocenters. The van der Waals surface area contributed by atoms with Gasteiger partial charge in [-0.1, -0.05) is 121 Å². The molecule has 10 nitrogen and oxygen atoms in total. The van der Waals surface area contributed by atoms with Crippen molar-refractivity contribution in [3.05, 3.63) is 155 Å². The summed E-state index contributed by atoms with van der Waals surface area (Å²) in [5, 5.41) is 26.3. The number of rotatable bonds is 12. The quantitative estimate of drug-likeness (QED) is 0.198. The monoisotopic (exact) mass is 610 g/mol. The van der Waals surface area contributed by atoms with Crippen LogP contribution in [-0.2, 0) is 25.9 Å². The zero-order valence-corrected chi connectivity index (χ0v) is 25.8. The first-order valence-electron chi connectivity index (χ1n) is 16.0. The van der Waals surface area contributed by atoms with Crippen LogP contribution < -0.4 is 0 Å². The summed E-state index contributed by atoms with van der Waals surface area (Å²) in [6.45, 7) is 4.83. The molecule has 0 spiro atoms. The molecule has 0 N–H and O–H groups in total. The Kier molecular flexibility index (Phi) is 9.25. The Morgan fingerprint density at radius 2 is 0.804 bits per heavy atom. The third-order valence-electron chi connectivity index (χ3n) is 8.83. The molecule has 0 unspecified atom stereocenters. The Hall–Kier alpha value is -5.06. The van der Waals surface area contributed by atoms with Crippen molar-refractivity contribution in [3.8, 4) is 0 Å². The minimum absolute atomic E-state index is 0.0551. The van der Waals surface area contributed by atoms with E-state index in [0.717, 1.165) is 63.8 Å². The summed E-state index contributed by atoms with van der Waals surface area (Å²) in [6, 6.07) is 42.1. The average molecular weight is 611 g/mol. The van der Waals surface area contributed by atoms with E-state index < -0.39 is 0 Å². The number of piperazine rings is 1. The summed E-state index contributed by atoms with van der Waals surface area (Å²) in [5.74, 6) is 1.75. The van der Waals surface area contributed by atoms with Gasteiger partial charge in [0.1, 0.15) is 0 Å². The highest BCUT2D eigenvalue weighted by atomic mass is 15.6. The third kappa shape index (κ3) is 6.78. The maximum absolute atomic E-state index is 4.60. The number of tetrazole rings is 2. The molecule has 7 rings (SSSR count). The highest BCUT2D eigenvalue weighted by Crippen LogP contribution is 2.32. The van der Waals surface area contributed by atoms with Crippen LogP contribution in [0.2, 0.25) is 0 Å². The van der Waals surface area contributed by atoms with Gasteiger partial charge in [-0.05, 0) is 55.9 Å². The summed E-state index contributed by atoms with van der Waals surface area (Å²) in [6.07, 6.45) is 1.73. The second-order valence-electron chi connectivity index (χ2n) is 11.7. The van der Waals surface area contributed by atoms with E-state index in [-0.39, 0.29) is 12.1 Å². The first kappa shape index (κ1) is 29.6. The number of nitrogens with zero attached hydrogens (tertiary/aromatic N) is 10. The summed E-state index contributed by atoms with van der Waals surface area (Å²) >= 11 is 0. The lowest BCUT2D eigenvalue weighted by Crippen LogP contribution is -2.50. The van der Waals surface area contributed by atoms with Gasteiger partial charge in [-0.25, -0.2) is 9.36 Å². The van der Waals surface area contributed by atoms with Crippen LogP contribution in [0.4, 0.5) is 0 Å². The zero-order valence-electron chi connectivity index (χ0n) is 25.8. The molecule has 6 aromatic rings. The van der Waals surface area contributed by atoms with Crippen molar-refractivity contribution in [1.82, 2.24) is 50.2 Å². The van der Waals surface area contributed by atoms with E-state index in [1.54, 1.807) is 0 Å². The fourth-order valence-corrected chi connectivity index (χ4v) is 6.46. The molecule has 3 heterocycles. The highest BCUT2D eigenvalue weighted by molar-refractivity contribution is 5.27. The van der Waals surface area contributed by atoms with Gasteiger partial charge in [0.05, 0.1) is 12.1 Å². The van der Waals surface area contributed by atoms with Gasteiger partial charge in [0, 0.05) is 39.3 Å². The molecule has 1 aliphatic rings. The second-order valence-corrected chi connectivity index (χ2v) is 11.7. The van der Waals surface area contributed by atoms with E-state index in [4.69, 9.17) is 0 Å². The average Bonchev–Trinajstić information content (AvgIpc) is 3.79. The van der Waals surface area contributed by atoms with Gasteiger partial charge in [-0.3, -0.25) is 9.80 Å². The fraction of sp³-hybridized carbons (Fsp3) is 0.278. The van der Waals surface area contributed by atoms with E-state index >= 15 is 0 Å². The zero-order chi connectivity index (χ0) is 31.0. The summed E-state index contributed by atoms with van der Waals surface area (Å²) < 4.78 is 3.95. The number of hydrogen-bond acceptors (Lipinski definition) is 8. The van der Waals surface area contributed by atoms with Gasteiger partial charge in [-0.15, -0.1) is 10.2 Å². The van der Waals surface area contributed by atoms with Crippen molar-refractivity contribution >= 4 is 0 Å². The van der Waals surface area contributed by atoms with Crippen LogP contribution in [0.1, 0.15) is 46.0 Å². The third-order valence-corrected chi connectivity index (χ3v) is 8.83. The number of aromatic nitrogens is 8. The Labute approximate surface area is 269 Å². The molecule has 232 valence electrons. The predicted molar refractivity (Wildman–Crippen MR) is 176 cm³/mol. The largest absolute Gasteiger partial charge is 0.287 e. The van der Waals surface area contributed by atoms with Crippen molar-refractivity contribution < 1.29 is 0 Å². The van der Waals surface area contributed by atoms with Gasteiger partial charge in [0.15, 0.2) is 11.6 Å². The van der Waals surface area contributed by atoms with Gasteiger partial charge in [0.25, 0.3) is 0 Å². The summed E-state index contributed by atoms with van der Waals surface area (Å²) in [5.41, 5.74) is 4.92. The van der Waals surface area contributed by atoms with Crippen LogP contribution in [0, 0.1) is 0 Å². The Morgan fingerprint density at radius 3 is 1.17 bits per heavy atom. The lowest BCUT2D eigenvalue weighted by Gasteiger charge is -2.41. The van der Waals surface area contributed by atoms with Crippen molar-refractivity contribution in [3.63, 3.8) is 0 Å². The van der Waals surface area contributed by atoms with Crippen LogP contribution >= 0.6 is 0 Å². The molecular formula is C36H38N10. The minimum Gasteiger partial charge on any atom is -0.287 e. The molecule has 1 aliphatic heterocycles. The maximum atomic E-state index is 4.60. The maximum Gasteiger partial charge on any atom is 0.173 e. The molecule has 1 saturated heterocycles. The molecule has 0 amide bonds. The number of benzene rings is 4. The van der Waals surface area contributed by atoms with Crippen molar-refractivity contribution in [2.24, 2.45) is 0 Å². The van der Waals surface area contributed by atoms with E-state index in [1.807, 2.05) is 21.5 Å². The Bertz CT molecular complexity index is 1630. The number of aryl methyl sites for hydroxylation is 4. The van der Waals surface area contributed by atoms with Crippen LogP contribution in [-0.4, -0.2) is 76.4 Å². The van der Waals surface area contributed by atoms with Crippen molar-refractivity contribution in [1.29, 1.82) is 0 Å². The van der Waals surface area contributed by atoms with E-state index in [0.29, 0.717) is 0 Å². The molecule has 2 aromatic heterocycles. The van der Waals surface area contributed by atoms with Crippen LogP contribution in [0.5, 0.6) is 0 Å². The highest BCUT2D eigenvalue weighted by Gasteiger charge is 2.35. The first-order valence-corrected chi connectivity index (χ1v) is 16.0. The SMILES string of the molecule is c1ccc(CCn2nnnc2[C@@H](c2ccccc2)N2CCN([C@H](c3ccccc3)c3nnnn3CCc3ccccc3)CC2)cc1. The summed E-state index contributed by atoms with van der Waals surface area (Å²) in [7, 11) is 0. The van der Waals surface area contributed by atoms with E-state index in [1.165, 1.54) is 22.3 Å². The van der Waals surface area contributed by atoms with Gasteiger partial charge < -0.3 is 0 Å². The smallest absolute Gasteiger partial charge is 0.173 e. The van der Waals surface area contributed by atoms with Crippen molar-refractivity contribution in [2.45, 2.75) is 38.0 Å². The van der Waals surface area contributed by atoms with E-state index in [2.05, 4.69) is 150 Å². The normalized spacial score (nSPS) is 15.5. The molecule has 1 fully saturated rings. The molecule has 0 bridgehead atoms. The van der Waals surface area contributed by atoms with Crippen LogP contribution in [0.3, 0.4) is 0 Å². The standard InChI is InChI=1S/C36H38N10/c1-5-13-29(14-6-1)21-23-45-35(37-39-41-45)33(31-17-9-3-10-18-31)43-25-27-44(28-26-43)34(32-19-11-4-12-20-32)36-38-40-42-46(36)24-22-30-15-7-2-8-16-30/h1-20,33-34H,21-28H2/t33-,34-/m1/s1. The second kappa shape index (κ2) is 14.4. The van der Waals surface area contributed by atoms with Gasteiger partial charge >= 0.3 is 0 Å². The fourth-order valence-electron chi connectivity index (χ4n) is 6.46. The molecule has 0 saturated carbocycles. The molecule has 0 aliphatic carbocycles. The van der Waals surface area contributed by atoms with Crippen LogP contribution in [0.25, 0.3) is 0 Å². The van der Waals surface area contributed by atoms with Crippen LogP contribution in [0.15, 0.2) is 121 Å². The lowest BCUT2D eigenvalue weighted by molar-refractivity contribution is 0.0822. The molecule has 4 aromatic carbocycles.